The fourth-order valence-electron chi connectivity index (χ4n) is 2.33. The zero-order valence-electron chi connectivity index (χ0n) is 10.00. The van der Waals surface area contributed by atoms with Crippen molar-refractivity contribution in [2.24, 2.45) is 0 Å². The van der Waals surface area contributed by atoms with Gasteiger partial charge in [-0.1, -0.05) is 6.92 Å². The molecule has 16 heavy (non-hydrogen) atoms. The summed E-state index contributed by atoms with van der Waals surface area (Å²) in [6.45, 7) is 4.50. The average molecular weight is 222 g/mol. The first-order chi connectivity index (χ1) is 7.90. The first-order valence-corrected chi connectivity index (χ1v) is 6.36. The fourth-order valence-corrected chi connectivity index (χ4v) is 2.33. The summed E-state index contributed by atoms with van der Waals surface area (Å²) in [6, 6.07) is 1.00. The molecule has 0 spiro atoms. The van der Waals surface area contributed by atoms with Crippen LogP contribution in [-0.2, 0) is 0 Å². The lowest BCUT2D eigenvalue weighted by Gasteiger charge is -2.22. The molecule has 2 rings (SSSR count). The smallest absolute Gasteiger partial charge is 0.123 e. The van der Waals surface area contributed by atoms with Crippen molar-refractivity contribution in [2.45, 2.75) is 44.7 Å². The summed E-state index contributed by atoms with van der Waals surface area (Å²) in [7, 11) is 0. The largest absolute Gasteiger partial charge is 0.347 e. The van der Waals surface area contributed by atoms with E-state index in [1.54, 1.807) is 0 Å². The molecule has 1 fully saturated rings. The normalized spacial score (nSPS) is 23.9. The van der Waals surface area contributed by atoms with Gasteiger partial charge >= 0.3 is 0 Å². The zero-order chi connectivity index (χ0) is 11.2. The number of nitrogens with zero attached hydrogens (tertiary/aromatic N) is 1. The number of hydrogen-bond acceptors (Lipinski definition) is 3. The monoisotopic (exact) mass is 222 g/mol. The Bertz CT molecular complexity index is 275. The second-order valence-electron chi connectivity index (χ2n) is 4.48. The molecule has 1 aromatic heterocycles. The minimum absolute atomic E-state index is 0.373. The van der Waals surface area contributed by atoms with Crippen molar-refractivity contribution >= 4 is 0 Å². The molecule has 1 aromatic rings. The highest BCUT2D eigenvalue weighted by atomic mass is 15.0. The molecular formula is C12H22N4. The van der Waals surface area contributed by atoms with E-state index < -0.39 is 0 Å². The molecule has 0 aromatic carbocycles. The van der Waals surface area contributed by atoms with Crippen molar-refractivity contribution in [3.8, 4) is 0 Å². The quantitative estimate of drug-likeness (QED) is 0.725. The van der Waals surface area contributed by atoms with Crippen molar-refractivity contribution in [3.63, 3.8) is 0 Å². The van der Waals surface area contributed by atoms with Gasteiger partial charge in [-0.05, 0) is 38.8 Å². The van der Waals surface area contributed by atoms with Crippen LogP contribution < -0.4 is 10.6 Å². The maximum absolute atomic E-state index is 4.34. The number of imidazole rings is 1. The molecule has 1 aliphatic rings. The molecule has 0 radical (unpaired) electrons. The molecule has 4 heteroatoms. The van der Waals surface area contributed by atoms with Crippen LogP contribution in [-0.4, -0.2) is 29.1 Å². The van der Waals surface area contributed by atoms with Crippen LogP contribution in [0.2, 0.25) is 0 Å². The van der Waals surface area contributed by atoms with Gasteiger partial charge in [0.1, 0.15) is 5.82 Å². The summed E-state index contributed by atoms with van der Waals surface area (Å²) >= 11 is 0. The number of aromatic nitrogens is 2. The summed E-state index contributed by atoms with van der Waals surface area (Å²) in [6.07, 6.45) is 8.56. The van der Waals surface area contributed by atoms with Crippen LogP contribution in [0.15, 0.2) is 12.4 Å². The standard InChI is InChI=1S/C12H22N4/c1-2-11(12-14-8-9-15-12)16-10-4-3-6-13-7-5-10/h8-11,13,16H,2-7H2,1H3,(H,14,15). The van der Waals surface area contributed by atoms with Crippen LogP contribution >= 0.6 is 0 Å². The van der Waals surface area contributed by atoms with Crippen LogP contribution in [0.5, 0.6) is 0 Å². The molecular weight excluding hydrogens is 200 g/mol. The molecule has 90 valence electrons. The Morgan fingerprint density at radius 1 is 1.50 bits per heavy atom. The minimum Gasteiger partial charge on any atom is -0.347 e. The predicted octanol–water partition coefficient (Wildman–Crippen LogP) is 1.59. The number of H-pyrrole nitrogens is 1. The van der Waals surface area contributed by atoms with E-state index in [0.29, 0.717) is 12.1 Å². The minimum atomic E-state index is 0.373. The third-order valence-corrected chi connectivity index (χ3v) is 3.27. The Labute approximate surface area is 97.2 Å². The molecule has 3 N–H and O–H groups in total. The van der Waals surface area contributed by atoms with Gasteiger partial charge in [-0.25, -0.2) is 4.98 Å². The highest BCUT2D eigenvalue weighted by molar-refractivity contribution is 4.96. The van der Waals surface area contributed by atoms with E-state index in [1.165, 1.54) is 19.3 Å². The van der Waals surface area contributed by atoms with Crippen LogP contribution in [0.3, 0.4) is 0 Å². The zero-order valence-corrected chi connectivity index (χ0v) is 10.00. The van der Waals surface area contributed by atoms with E-state index in [-0.39, 0.29) is 0 Å². The summed E-state index contributed by atoms with van der Waals surface area (Å²) in [5.41, 5.74) is 0. The van der Waals surface area contributed by atoms with Gasteiger partial charge in [-0.3, -0.25) is 0 Å². The molecule has 2 atom stereocenters. The third-order valence-electron chi connectivity index (χ3n) is 3.27. The predicted molar refractivity (Wildman–Crippen MR) is 65.3 cm³/mol. The molecule has 1 saturated heterocycles. The van der Waals surface area contributed by atoms with Crippen LogP contribution in [0.1, 0.15) is 44.5 Å². The van der Waals surface area contributed by atoms with Gasteiger partial charge in [0.15, 0.2) is 0 Å². The molecule has 1 aliphatic heterocycles. The first-order valence-electron chi connectivity index (χ1n) is 6.36. The van der Waals surface area contributed by atoms with Crippen molar-refractivity contribution in [1.29, 1.82) is 0 Å². The highest BCUT2D eigenvalue weighted by Crippen LogP contribution is 2.15. The van der Waals surface area contributed by atoms with Gasteiger partial charge in [-0.2, -0.15) is 0 Å². The number of aromatic amines is 1. The Kier molecular flexibility index (Phi) is 4.36. The van der Waals surface area contributed by atoms with Gasteiger partial charge < -0.3 is 15.6 Å². The van der Waals surface area contributed by atoms with E-state index in [0.717, 1.165) is 25.3 Å². The van der Waals surface area contributed by atoms with E-state index in [9.17, 15) is 0 Å². The van der Waals surface area contributed by atoms with Gasteiger partial charge in [-0.15, -0.1) is 0 Å². The molecule has 0 aliphatic carbocycles. The summed E-state index contributed by atoms with van der Waals surface area (Å²) < 4.78 is 0. The van der Waals surface area contributed by atoms with Crippen LogP contribution in [0.4, 0.5) is 0 Å². The van der Waals surface area contributed by atoms with E-state index in [4.69, 9.17) is 0 Å². The molecule has 0 amide bonds. The average Bonchev–Trinajstić information content (AvgIpc) is 2.71. The number of nitrogens with one attached hydrogen (secondary N) is 3. The summed E-state index contributed by atoms with van der Waals surface area (Å²) in [4.78, 5) is 7.55. The molecule has 0 saturated carbocycles. The van der Waals surface area contributed by atoms with Crippen molar-refractivity contribution in [1.82, 2.24) is 20.6 Å². The Hall–Kier alpha value is -0.870. The van der Waals surface area contributed by atoms with Gasteiger partial charge in [0.25, 0.3) is 0 Å². The lowest BCUT2D eigenvalue weighted by atomic mass is 10.1. The van der Waals surface area contributed by atoms with Crippen molar-refractivity contribution < 1.29 is 0 Å². The Balaban J connectivity index is 1.90. The lowest BCUT2D eigenvalue weighted by Crippen LogP contribution is -2.33. The topological polar surface area (TPSA) is 52.7 Å². The second kappa shape index (κ2) is 6.01. The lowest BCUT2D eigenvalue weighted by molar-refractivity contribution is 0.388. The van der Waals surface area contributed by atoms with E-state index in [2.05, 4.69) is 27.5 Å². The maximum atomic E-state index is 4.34. The second-order valence-corrected chi connectivity index (χ2v) is 4.48. The first kappa shape index (κ1) is 11.6. The summed E-state index contributed by atoms with van der Waals surface area (Å²) in [5, 5.41) is 7.15. The fraction of sp³-hybridized carbons (Fsp3) is 0.750. The van der Waals surface area contributed by atoms with Crippen molar-refractivity contribution in [2.75, 3.05) is 13.1 Å². The van der Waals surface area contributed by atoms with Crippen LogP contribution in [0, 0.1) is 0 Å². The number of rotatable bonds is 4. The van der Waals surface area contributed by atoms with E-state index in [1.807, 2.05) is 12.4 Å². The van der Waals surface area contributed by atoms with Gasteiger partial charge in [0.05, 0.1) is 6.04 Å². The van der Waals surface area contributed by atoms with Crippen LogP contribution in [0.25, 0.3) is 0 Å². The SMILES string of the molecule is CCC(NC1CCCNCC1)c1ncc[nH]1. The summed E-state index contributed by atoms with van der Waals surface area (Å²) in [5.74, 6) is 1.07. The van der Waals surface area contributed by atoms with E-state index >= 15 is 0 Å². The maximum Gasteiger partial charge on any atom is 0.123 e. The van der Waals surface area contributed by atoms with Crippen molar-refractivity contribution in [3.05, 3.63) is 18.2 Å². The number of hydrogen-bond donors (Lipinski definition) is 3. The highest BCUT2D eigenvalue weighted by Gasteiger charge is 2.18. The van der Waals surface area contributed by atoms with Gasteiger partial charge in [0, 0.05) is 18.4 Å². The Morgan fingerprint density at radius 3 is 3.19 bits per heavy atom. The molecule has 4 nitrogen and oxygen atoms in total. The molecule has 2 heterocycles. The molecule has 2 unspecified atom stereocenters. The van der Waals surface area contributed by atoms with Gasteiger partial charge in [0.2, 0.25) is 0 Å². The molecule has 0 bridgehead atoms. The third kappa shape index (κ3) is 3.06. The Morgan fingerprint density at radius 2 is 2.44 bits per heavy atom.